The van der Waals surface area contributed by atoms with Crippen molar-refractivity contribution >= 4 is 56.0 Å². The molecule has 1 saturated heterocycles. The van der Waals surface area contributed by atoms with Crippen LogP contribution in [0.5, 0.6) is 5.75 Å². The second-order valence-electron chi connectivity index (χ2n) is 10.8. The van der Waals surface area contributed by atoms with Gasteiger partial charge in [0.15, 0.2) is 0 Å². The number of carbonyl (C=O) groups is 2. The Morgan fingerprint density at radius 3 is 2.62 bits per heavy atom. The monoisotopic (exact) mass is 653 g/mol. The first-order valence-electron chi connectivity index (χ1n) is 14.8. The van der Waals surface area contributed by atoms with Crippen LogP contribution in [0.4, 0.5) is 0 Å². The summed E-state index contributed by atoms with van der Waals surface area (Å²) in [5.41, 5.74) is 3.15. The minimum absolute atomic E-state index is 0.0575. The van der Waals surface area contributed by atoms with Crippen molar-refractivity contribution in [3.63, 3.8) is 0 Å². The predicted octanol–water partition coefficient (Wildman–Crippen LogP) is 6.50. The van der Waals surface area contributed by atoms with Crippen LogP contribution in [0.2, 0.25) is 5.15 Å². The molecule has 10 heteroatoms. The summed E-state index contributed by atoms with van der Waals surface area (Å²) in [6.07, 6.45) is 5.39. The lowest BCUT2D eigenvalue weighted by molar-refractivity contribution is -0.135. The van der Waals surface area contributed by atoms with Gasteiger partial charge < -0.3 is 15.0 Å². The molecule has 5 rings (SSSR count). The fourth-order valence-electron chi connectivity index (χ4n) is 5.57. The average molecular weight is 655 g/mol. The maximum atomic E-state index is 13.5. The van der Waals surface area contributed by atoms with Crippen LogP contribution in [0, 0.1) is 0 Å². The van der Waals surface area contributed by atoms with Crippen LogP contribution >= 0.6 is 27.5 Å². The molecule has 8 nitrogen and oxygen atoms in total. The maximum Gasteiger partial charge on any atom is 0.243 e. The molecule has 2 aliphatic heterocycles. The third kappa shape index (κ3) is 7.68. The molecular formula is C32H37BrClN5O3. The lowest BCUT2D eigenvalue weighted by Gasteiger charge is -2.26. The van der Waals surface area contributed by atoms with Gasteiger partial charge in [0, 0.05) is 47.3 Å². The van der Waals surface area contributed by atoms with E-state index in [2.05, 4.69) is 31.1 Å². The second kappa shape index (κ2) is 14.4. The van der Waals surface area contributed by atoms with Gasteiger partial charge in [0.2, 0.25) is 11.8 Å². The molecule has 3 heterocycles. The molecule has 222 valence electrons. The van der Waals surface area contributed by atoms with Crippen LogP contribution < -0.4 is 10.1 Å². The van der Waals surface area contributed by atoms with Crippen molar-refractivity contribution < 1.29 is 14.3 Å². The van der Waals surface area contributed by atoms with Gasteiger partial charge in [-0.15, -0.1) is 0 Å². The molecule has 0 aliphatic carbocycles. The summed E-state index contributed by atoms with van der Waals surface area (Å²) in [7, 11) is 0. The van der Waals surface area contributed by atoms with Gasteiger partial charge in [-0.3, -0.25) is 9.59 Å². The first kappa shape index (κ1) is 30.4. The van der Waals surface area contributed by atoms with Crippen molar-refractivity contribution in [2.45, 2.75) is 57.9 Å². The van der Waals surface area contributed by atoms with Crippen LogP contribution in [0.25, 0.3) is 10.9 Å². The zero-order valence-electron chi connectivity index (χ0n) is 24.0. The largest absolute Gasteiger partial charge is 0.494 e. The predicted molar refractivity (Wildman–Crippen MR) is 170 cm³/mol. The van der Waals surface area contributed by atoms with Gasteiger partial charge in [-0.25, -0.2) is 9.99 Å². The zero-order chi connectivity index (χ0) is 29.5. The summed E-state index contributed by atoms with van der Waals surface area (Å²) in [6.45, 7) is 6.40. The van der Waals surface area contributed by atoms with Crippen molar-refractivity contribution in [1.29, 1.82) is 0 Å². The van der Waals surface area contributed by atoms with E-state index >= 15 is 0 Å². The number of nitrogens with one attached hydrogen (secondary N) is 1. The molecule has 1 fully saturated rings. The van der Waals surface area contributed by atoms with Crippen LogP contribution in [-0.2, 0) is 9.59 Å². The van der Waals surface area contributed by atoms with Crippen molar-refractivity contribution in [3.8, 4) is 5.75 Å². The quantitative estimate of drug-likeness (QED) is 0.189. The molecule has 2 amide bonds. The zero-order valence-corrected chi connectivity index (χ0v) is 26.3. The fourth-order valence-corrected chi connectivity index (χ4v) is 6.10. The molecule has 3 aromatic rings. The number of benzene rings is 2. The lowest BCUT2D eigenvalue weighted by atomic mass is 9.98. The number of likely N-dealkylation sites (tertiary alicyclic amines) is 1. The van der Waals surface area contributed by atoms with Crippen molar-refractivity contribution in [1.82, 2.24) is 20.2 Å². The third-order valence-corrected chi connectivity index (χ3v) is 8.60. The smallest absolute Gasteiger partial charge is 0.243 e. The lowest BCUT2D eigenvalue weighted by Crippen LogP contribution is -2.34. The summed E-state index contributed by atoms with van der Waals surface area (Å²) >= 11 is 10.2. The number of carbonyl (C=O) groups excluding carboxylic acids is 2. The van der Waals surface area contributed by atoms with Gasteiger partial charge in [-0.2, -0.15) is 5.10 Å². The highest BCUT2D eigenvalue weighted by Gasteiger charge is 2.35. The van der Waals surface area contributed by atoms with Gasteiger partial charge in [-0.05, 0) is 81.7 Å². The first-order chi connectivity index (χ1) is 20.4. The Labute approximate surface area is 260 Å². The fraction of sp³-hybridized carbons (Fsp3) is 0.438. The van der Waals surface area contributed by atoms with Crippen molar-refractivity contribution in [3.05, 3.63) is 69.3 Å². The molecule has 42 heavy (non-hydrogen) atoms. The Hall–Kier alpha value is -3.01. The van der Waals surface area contributed by atoms with Crippen LogP contribution in [0.3, 0.4) is 0 Å². The molecule has 1 aromatic heterocycles. The molecule has 1 atom stereocenters. The van der Waals surface area contributed by atoms with Crippen LogP contribution in [0.15, 0.2) is 58.1 Å². The number of halogens is 2. The van der Waals surface area contributed by atoms with Gasteiger partial charge in [0.25, 0.3) is 0 Å². The van der Waals surface area contributed by atoms with E-state index in [-0.39, 0.29) is 24.7 Å². The van der Waals surface area contributed by atoms with E-state index in [0.29, 0.717) is 24.7 Å². The van der Waals surface area contributed by atoms with Crippen LogP contribution in [-0.4, -0.2) is 65.2 Å². The summed E-state index contributed by atoms with van der Waals surface area (Å²) in [6, 6.07) is 15.1. The van der Waals surface area contributed by atoms with E-state index in [4.69, 9.17) is 21.4 Å². The van der Waals surface area contributed by atoms with Gasteiger partial charge in [0.1, 0.15) is 10.9 Å². The minimum atomic E-state index is -0.431. The third-order valence-electron chi connectivity index (χ3n) is 7.77. The summed E-state index contributed by atoms with van der Waals surface area (Å²) < 4.78 is 6.58. The van der Waals surface area contributed by atoms with Crippen molar-refractivity contribution in [2.75, 3.05) is 32.8 Å². The van der Waals surface area contributed by atoms with Crippen LogP contribution in [0.1, 0.15) is 69.0 Å². The number of piperidine rings is 1. The number of hydrogen-bond donors (Lipinski definition) is 1. The standard InChI is InChI=1S/C32H37BrClN5O3/c1-2-42-25-12-9-23-19-26(32(34)36-27(23)20-25)29-21-28(22-7-10-24(33)11-8-22)37-39(29)31(41)14-13-30(40)35-15-6-18-38-16-4-3-5-17-38/h7-12,19-20,29H,2-6,13-18,21H2,1H3,(H,35,40). The Morgan fingerprint density at radius 1 is 1.07 bits per heavy atom. The van der Waals surface area contributed by atoms with Gasteiger partial charge in [0.05, 0.1) is 23.9 Å². The van der Waals surface area contributed by atoms with E-state index in [0.717, 1.165) is 64.0 Å². The number of nitrogens with zero attached hydrogens (tertiary/aromatic N) is 4. The highest BCUT2D eigenvalue weighted by molar-refractivity contribution is 9.10. The van der Waals surface area contributed by atoms with E-state index in [9.17, 15) is 9.59 Å². The van der Waals surface area contributed by atoms with E-state index < -0.39 is 6.04 Å². The van der Waals surface area contributed by atoms with E-state index in [1.165, 1.54) is 24.3 Å². The number of rotatable bonds is 11. The Kier molecular flexibility index (Phi) is 10.5. The molecule has 1 N–H and O–H groups in total. The molecule has 0 saturated carbocycles. The molecule has 0 spiro atoms. The normalized spacial score (nSPS) is 17.4. The van der Waals surface area contributed by atoms with E-state index in [1.807, 2.05) is 55.5 Å². The maximum absolute atomic E-state index is 13.5. The second-order valence-corrected chi connectivity index (χ2v) is 12.0. The van der Waals surface area contributed by atoms with Gasteiger partial charge in [-0.1, -0.05) is 46.1 Å². The molecule has 0 bridgehead atoms. The average Bonchev–Trinajstić information content (AvgIpc) is 3.44. The number of hydrogen-bond acceptors (Lipinski definition) is 6. The Morgan fingerprint density at radius 2 is 1.86 bits per heavy atom. The molecule has 2 aliphatic rings. The summed E-state index contributed by atoms with van der Waals surface area (Å²) in [5, 5.41) is 10.4. The molecule has 1 unspecified atom stereocenters. The number of hydrazone groups is 1. The number of ether oxygens (including phenoxy) is 1. The topological polar surface area (TPSA) is 87.1 Å². The highest BCUT2D eigenvalue weighted by Crippen LogP contribution is 2.38. The molecule has 2 aromatic carbocycles. The Balaban J connectivity index is 1.28. The highest BCUT2D eigenvalue weighted by atomic mass is 79.9. The molecule has 0 radical (unpaired) electrons. The number of fused-ring (bicyclic) bond motifs is 1. The SMILES string of the molecule is CCOc1ccc2cc(C3CC(c4ccc(Br)cc4)=NN3C(=O)CCC(=O)NCCCN3CCCCC3)c(Cl)nc2c1. The minimum Gasteiger partial charge on any atom is -0.494 e. The first-order valence-corrected chi connectivity index (χ1v) is 16.0. The van der Waals surface area contributed by atoms with Crippen molar-refractivity contribution in [2.24, 2.45) is 5.10 Å². The number of aromatic nitrogens is 1. The summed E-state index contributed by atoms with van der Waals surface area (Å²) in [4.78, 5) is 33.2. The summed E-state index contributed by atoms with van der Waals surface area (Å²) in [5.74, 6) is 0.383. The Bertz CT molecular complexity index is 1440. The number of amides is 2. The van der Waals surface area contributed by atoms with Gasteiger partial charge >= 0.3 is 0 Å². The number of pyridine rings is 1. The molecular weight excluding hydrogens is 618 g/mol. The van der Waals surface area contributed by atoms with E-state index in [1.54, 1.807) is 0 Å².